The molecule has 2 atom stereocenters. The van der Waals surface area contributed by atoms with Gasteiger partial charge in [0.2, 0.25) is 5.91 Å². The Labute approximate surface area is 282 Å². The topological polar surface area (TPSA) is 101 Å². The summed E-state index contributed by atoms with van der Waals surface area (Å²) in [5.41, 5.74) is 3.46. The molecule has 1 saturated heterocycles. The van der Waals surface area contributed by atoms with Gasteiger partial charge in [-0.1, -0.05) is 62.4 Å². The van der Waals surface area contributed by atoms with E-state index >= 15 is 0 Å². The Bertz CT molecular complexity index is 1510. The second-order valence-corrected chi connectivity index (χ2v) is 15.6. The minimum atomic E-state index is -0.205. The van der Waals surface area contributed by atoms with Crippen LogP contribution in [0.1, 0.15) is 98.6 Å². The minimum absolute atomic E-state index is 0.0951. The number of Topliss-reactive ketones (excluding diaryl/α,β-unsaturated/α-hetero) is 1. The molecule has 1 fully saturated rings. The van der Waals surface area contributed by atoms with Gasteiger partial charge in [-0.15, -0.1) is 0 Å². The maximum Gasteiger partial charge on any atom is 0.257 e. The number of ether oxygens (including phenoxy) is 1. The highest BCUT2D eigenvalue weighted by Gasteiger charge is 2.26. The molecule has 0 spiro atoms. The molecule has 0 radical (unpaired) electrons. The summed E-state index contributed by atoms with van der Waals surface area (Å²) < 4.78 is 6.57. The fourth-order valence-electron chi connectivity index (χ4n) is 5.40. The second kappa shape index (κ2) is 16.1. The molecule has 1 aliphatic rings. The number of methoxy groups -OCH3 is 1. The Morgan fingerprint density at radius 1 is 1.09 bits per heavy atom. The van der Waals surface area contributed by atoms with Gasteiger partial charge >= 0.3 is 0 Å². The number of thiazole rings is 1. The summed E-state index contributed by atoms with van der Waals surface area (Å²) in [5.74, 6) is 0.464. The van der Waals surface area contributed by atoms with Crippen molar-refractivity contribution >= 4 is 45.8 Å². The molecule has 0 aliphatic carbocycles. The third-order valence-corrected chi connectivity index (χ3v) is 11.0. The average Bonchev–Trinajstić information content (AvgIpc) is 3.50. The van der Waals surface area contributed by atoms with Crippen molar-refractivity contribution in [3.63, 3.8) is 0 Å². The Hall–Kier alpha value is -3.21. The smallest absolute Gasteiger partial charge is 0.257 e. The molecule has 2 unspecified atom stereocenters. The van der Waals surface area contributed by atoms with E-state index in [1.54, 1.807) is 20.2 Å². The monoisotopic (exact) mass is 664 g/mol. The summed E-state index contributed by atoms with van der Waals surface area (Å²) in [5, 5.41) is 6.99. The molecule has 248 valence electrons. The van der Waals surface area contributed by atoms with E-state index in [0.29, 0.717) is 34.6 Å². The van der Waals surface area contributed by atoms with Crippen molar-refractivity contribution < 1.29 is 19.1 Å². The Balaban J connectivity index is 1.40. The average molecular weight is 665 g/mol. The second-order valence-electron chi connectivity index (χ2n) is 13.2. The van der Waals surface area contributed by atoms with Gasteiger partial charge < -0.3 is 15.0 Å². The number of ketones is 1. The van der Waals surface area contributed by atoms with Gasteiger partial charge in [0.15, 0.2) is 10.9 Å². The highest BCUT2D eigenvalue weighted by atomic mass is 32.2. The molecule has 0 bridgehead atoms. The number of amides is 2. The number of carbonyl (C=O) groups is 3. The van der Waals surface area contributed by atoms with Crippen LogP contribution in [0.2, 0.25) is 0 Å². The van der Waals surface area contributed by atoms with Crippen molar-refractivity contribution in [3.8, 4) is 5.75 Å². The number of hydrogen-bond acceptors (Lipinski definition) is 8. The minimum Gasteiger partial charge on any atom is -0.496 e. The molecule has 10 heteroatoms. The molecular weight excluding hydrogens is 617 g/mol. The van der Waals surface area contributed by atoms with Crippen LogP contribution in [0.3, 0.4) is 0 Å². The lowest BCUT2D eigenvalue weighted by Crippen LogP contribution is -2.37. The number of carbonyl (C=O) groups excluding carboxylic acids is 3. The third kappa shape index (κ3) is 9.65. The van der Waals surface area contributed by atoms with E-state index < -0.39 is 0 Å². The van der Waals surface area contributed by atoms with Crippen molar-refractivity contribution in [2.75, 3.05) is 25.5 Å². The Kier molecular flexibility index (Phi) is 12.4. The Morgan fingerprint density at radius 3 is 2.46 bits per heavy atom. The molecule has 0 saturated carbocycles. The van der Waals surface area contributed by atoms with Crippen LogP contribution in [0.4, 0.5) is 5.13 Å². The lowest BCUT2D eigenvalue weighted by atomic mass is 9.88. The van der Waals surface area contributed by atoms with Crippen molar-refractivity contribution in [2.24, 2.45) is 11.3 Å². The molecule has 2 N–H and O–H groups in total. The van der Waals surface area contributed by atoms with Crippen LogP contribution in [0, 0.1) is 18.3 Å². The standard InChI is InChI=1S/C36H48N4O4S2/c1-23-19-30(44-7)29(33(42)27-11-8-9-17-40(25(3)41)18-10-12-27)20-31(23)45-32-22-38-35(46-32)39-34(43)28-15-13-26(14-16-28)21-37-24(2)36(4,5)6/h13-16,19-20,22,24,27,37H,8-12,17-18,21H2,1-7H3,(H,38,39,43). The van der Waals surface area contributed by atoms with Crippen LogP contribution < -0.4 is 15.4 Å². The number of aromatic nitrogens is 1. The first-order valence-corrected chi connectivity index (χ1v) is 17.7. The summed E-state index contributed by atoms with van der Waals surface area (Å²) in [4.78, 5) is 46.0. The number of rotatable bonds is 10. The van der Waals surface area contributed by atoms with Crippen LogP contribution in [-0.4, -0.2) is 53.7 Å². The van der Waals surface area contributed by atoms with Crippen molar-refractivity contribution in [1.82, 2.24) is 15.2 Å². The van der Waals surface area contributed by atoms with E-state index in [1.165, 1.54) is 23.1 Å². The summed E-state index contributed by atoms with van der Waals surface area (Å²) in [6.45, 7) is 14.6. The third-order valence-electron chi connectivity index (χ3n) is 8.83. The molecular formula is C36H48N4O4S2. The van der Waals surface area contributed by atoms with E-state index in [9.17, 15) is 14.4 Å². The largest absolute Gasteiger partial charge is 0.496 e. The van der Waals surface area contributed by atoms with Crippen molar-refractivity contribution in [1.29, 1.82) is 0 Å². The van der Waals surface area contributed by atoms with Gasteiger partial charge in [0.1, 0.15) is 5.75 Å². The lowest BCUT2D eigenvalue weighted by Gasteiger charge is -2.28. The number of benzene rings is 2. The first-order valence-electron chi connectivity index (χ1n) is 16.1. The predicted octanol–water partition coefficient (Wildman–Crippen LogP) is 8.00. The quantitative estimate of drug-likeness (QED) is 0.212. The fraction of sp³-hybridized carbons (Fsp3) is 0.500. The normalized spacial score (nSPS) is 16.6. The van der Waals surface area contributed by atoms with Gasteiger partial charge in [-0.25, -0.2) is 4.98 Å². The molecule has 46 heavy (non-hydrogen) atoms. The zero-order valence-electron chi connectivity index (χ0n) is 28.2. The SMILES string of the molecule is COc1cc(C)c(Sc2cnc(NC(=O)c3ccc(CNC(C)C(C)(C)C)cc3)s2)cc1C(=O)C1CCCCN(C(C)=O)CCC1. The maximum absolute atomic E-state index is 13.8. The number of anilines is 1. The molecule has 1 aromatic heterocycles. The van der Waals surface area contributed by atoms with Crippen LogP contribution in [-0.2, 0) is 11.3 Å². The van der Waals surface area contributed by atoms with E-state index in [1.807, 2.05) is 48.2 Å². The van der Waals surface area contributed by atoms with Crippen LogP contribution >= 0.6 is 23.1 Å². The molecule has 2 heterocycles. The molecule has 8 nitrogen and oxygen atoms in total. The Morgan fingerprint density at radius 2 is 1.78 bits per heavy atom. The van der Waals surface area contributed by atoms with Crippen LogP contribution in [0.15, 0.2) is 51.7 Å². The van der Waals surface area contributed by atoms with Gasteiger partial charge in [0, 0.05) is 49.0 Å². The summed E-state index contributed by atoms with van der Waals surface area (Å²) in [6.07, 6.45) is 5.91. The van der Waals surface area contributed by atoms with E-state index in [2.05, 4.69) is 43.3 Å². The lowest BCUT2D eigenvalue weighted by molar-refractivity contribution is -0.129. The predicted molar refractivity (Wildman–Crippen MR) is 187 cm³/mol. The number of hydrogen-bond donors (Lipinski definition) is 2. The molecule has 1 aliphatic heterocycles. The van der Waals surface area contributed by atoms with Crippen LogP contribution in [0.25, 0.3) is 0 Å². The first-order chi connectivity index (χ1) is 21.8. The molecule has 2 amide bonds. The van der Waals surface area contributed by atoms with Crippen LogP contribution in [0.5, 0.6) is 5.75 Å². The zero-order valence-corrected chi connectivity index (χ0v) is 29.8. The number of nitrogens with one attached hydrogen (secondary N) is 2. The van der Waals surface area contributed by atoms with E-state index in [0.717, 1.165) is 65.4 Å². The van der Waals surface area contributed by atoms with Crippen molar-refractivity contribution in [3.05, 3.63) is 64.8 Å². The molecule has 2 aromatic carbocycles. The number of aryl methyl sites for hydroxylation is 1. The molecule has 4 rings (SSSR count). The summed E-state index contributed by atoms with van der Waals surface area (Å²) >= 11 is 2.93. The fourth-order valence-corrected chi connectivity index (χ4v) is 7.34. The summed E-state index contributed by atoms with van der Waals surface area (Å²) in [6, 6.07) is 11.9. The zero-order chi connectivity index (χ0) is 33.4. The van der Waals surface area contributed by atoms with Gasteiger partial charge in [0.25, 0.3) is 5.91 Å². The maximum atomic E-state index is 13.8. The summed E-state index contributed by atoms with van der Waals surface area (Å²) in [7, 11) is 1.60. The first kappa shape index (κ1) is 35.6. The van der Waals surface area contributed by atoms with Gasteiger partial charge in [-0.2, -0.15) is 0 Å². The van der Waals surface area contributed by atoms with Gasteiger partial charge in [-0.05, 0) is 80.3 Å². The molecule has 3 aromatic rings. The highest BCUT2D eigenvalue weighted by Crippen LogP contribution is 2.39. The van der Waals surface area contributed by atoms with E-state index in [-0.39, 0.29) is 28.9 Å². The van der Waals surface area contributed by atoms with Gasteiger partial charge in [0.05, 0.1) is 23.1 Å². The van der Waals surface area contributed by atoms with E-state index in [4.69, 9.17) is 4.74 Å². The van der Waals surface area contributed by atoms with Crippen molar-refractivity contribution in [2.45, 2.75) is 95.3 Å². The highest BCUT2D eigenvalue weighted by molar-refractivity contribution is 8.01. The number of nitrogens with zero attached hydrogens (tertiary/aromatic N) is 2. The van der Waals surface area contributed by atoms with Gasteiger partial charge in [-0.3, -0.25) is 19.7 Å².